The van der Waals surface area contributed by atoms with E-state index < -0.39 is 0 Å². The maximum atomic E-state index is 11.2. The van der Waals surface area contributed by atoms with Gasteiger partial charge in [0, 0.05) is 0 Å². The number of rotatable bonds is 0. The van der Waals surface area contributed by atoms with Crippen LogP contribution >= 0.6 is 0 Å². The van der Waals surface area contributed by atoms with Crippen LogP contribution in [-0.2, 0) is 4.79 Å². The van der Waals surface area contributed by atoms with E-state index in [-0.39, 0.29) is 5.54 Å². The molecule has 64 valence electrons. The molecule has 0 atom stereocenters. The molecule has 1 aliphatic heterocycles. The summed E-state index contributed by atoms with van der Waals surface area (Å²) in [6.07, 6.45) is 1.50. The van der Waals surface area contributed by atoms with Crippen LogP contribution in [0.15, 0.2) is 0 Å². The van der Waals surface area contributed by atoms with Gasteiger partial charge in [-0.25, -0.2) is 0 Å². The van der Waals surface area contributed by atoms with Crippen LogP contribution in [0.1, 0.15) is 26.7 Å². The van der Waals surface area contributed by atoms with Gasteiger partial charge in [-0.1, -0.05) is 0 Å². The van der Waals surface area contributed by atoms with Gasteiger partial charge in [-0.05, 0) is 13.8 Å². The first-order chi connectivity index (χ1) is 4.85. The first-order valence-corrected chi connectivity index (χ1v) is 4.20. The van der Waals surface area contributed by atoms with E-state index in [9.17, 15) is 4.79 Å². The minimum atomic E-state index is 0.134. The monoisotopic (exact) mass is 156 g/mol. The molecule has 1 rings (SSSR count). The van der Waals surface area contributed by atoms with Crippen molar-refractivity contribution in [1.82, 2.24) is 0 Å². The molecule has 0 aromatic carbocycles. The maximum absolute atomic E-state index is 11.2. The normalized spacial score (nSPS) is 28.5. The van der Waals surface area contributed by atoms with Gasteiger partial charge in [0.2, 0.25) is 0 Å². The molecule has 0 aliphatic carbocycles. The van der Waals surface area contributed by atoms with Crippen molar-refractivity contribution in [2.75, 3.05) is 20.6 Å². The lowest BCUT2D eigenvalue weighted by molar-refractivity contribution is -0.939. The fraction of sp³-hybridized carbons (Fsp3) is 0.889. The number of hydrogen-bond acceptors (Lipinski definition) is 1. The zero-order valence-corrected chi connectivity index (χ0v) is 7.98. The zero-order valence-electron chi connectivity index (χ0n) is 7.98. The first-order valence-electron chi connectivity index (χ1n) is 4.20. The summed E-state index contributed by atoms with van der Waals surface area (Å²) < 4.78 is 0.971. The van der Waals surface area contributed by atoms with Crippen LogP contribution in [0.4, 0.5) is 0 Å². The fourth-order valence-corrected chi connectivity index (χ4v) is 1.49. The molecule has 0 aromatic rings. The van der Waals surface area contributed by atoms with E-state index in [1.807, 2.05) is 0 Å². The van der Waals surface area contributed by atoms with Crippen molar-refractivity contribution in [3.63, 3.8) is 0 Å². The predicted molar refractivity (Wildman–Crippen MR) is 45.3 cm³/mol. The predicted octanol–water partition coefficient (Wildman–Crippen LogP) is 1.20. The molecule has 0 unspecified atom stereocenters. The molecule has 0 saturated carbocycles. The largest absolute Gasteiger partial charge is 0.323 e. The van der Waals surface area contributed by atoms with Crippen molar-refractivity contribution in [3.8, 4) is 0 Å². The Hall–Kier alpha value is -0.370. The van der Waals surface area contributed by atoms with Crippen LogP contribution in [0.3, 0.4) is 0 Å². The van der Waals surface area contributed by atoms with Gasteiger partial charge in [-0.15, -0.1) is 0 Å². The molecule has 1 saturated heterocycles. The van der Waals surface area contributed by atoms with E-state index in [2.05, 4.69) is 27.9 Å². The first kappa shape index (κ1) is 8.72. The van der Waals surface area contributed by atoms with Crippen molar-refractivity contribution >= 4 is 5.78 Å². The molecule has 1 fully saturated rings. The number of likely N-dealkylation sites (tertiary alicyclic amines) is 1. The number of Topliss-reactive ketones (excluding diaryl/α,β-unsaturated/α-hetero) is 1. The van der Waals surface area contributed by atoms with Crippen LogP contribution in [-0.4, -0.2) is 36.4 Å². The quantitative estimate of drug-likeness (QED) is 0.482. The number of carbonyl (C=O) groups excluding carboxylic acids is 1. The number of ketones is 1. The third kappa shape index (κ3) is 1.45. The Morgan fingerprint density at radius 1 is 1.36 bits per heavy atom. The molecule has 0 radical (unpaired) electrons. The second-order valence-corrected chi connectivity index (χ2v) is 4.69. The Labute approximate surface area is 68.8 Å². The molecule has 0 N–H and O–H groups in total. The lowest BCUT2D eigenvalue weighted by Crippen LogP contribution is -2.60. The molecule has 0 bridgehead atoms. The van der Waals surface area contributed by atoms with Crippen molar-refractivity contribution in [2.24, 2.45) is 0 Å². The summed E-state index contributed by atoms with van der Waals surface area (Å²) in [5.41, 5.74) is 0.134. The van der Waals surface area contributed by atoms with E-state index in [0.717, 1.165) is 23.9 Å². The Balaban J connectivity index is 2.80. The van der Waals surface area contributed by atoms with Crippen molar-refractivity contribution in [2.45, 2.75) is 32.2 Å². The molecule has 0 amide bonds. The molecule has 0 spiro atoms. The molecule has 2 heteroatoms. The Morgan fingerprint density at radius 3 is 2.27 bits per heavy atom. The number of nitrogens with zero attached hydrogens (tertiary/aromatic N) is 1. The van der Waals surface area contributed by atoms with Crippen LogP contribution in [0, 0.1) is 0 Å². The van der Waals surface area contributed by atoms with E-state index in [0.29, 0.717) is 5.78 Å². The van der Waals surface area contributed by atoms with E-state index >= 15 is 0 Å². The summed E-state index contributed by atoms with van der Waals surface area (Å²) in [4.78, 5) is 11.2. The van der Waals surface area contributed by atoms with Gasteiger partial charge in [0.15, 0.2) is 0 Å². The van der Waals surface area contributed by atoms with Gasteiger partial charge in [-0.3, -0.25) is 4.79 Å². The molecule has 1 aliphatic rings. The average Bonchev–Trinajstić information content (AvgIpc) is 1.80. The average molecular weight is 156 g/mol. The summed E-state index contributed by atoms with van der Waals surface area (Å²) in [5.74, 6) is 0.424. The van der Waals surface area contributed by atoms with Crippen LogP contribution < -0.4 is 0 Å². The van der Waals surface area contributed by atoms with Gasteiger partial charge in [-0.2, -0.15) is 0 Å². The van der Waals surface area contributed by atoms with Crippen molar-refractivity contribution in [3.05, 3.63) is 0 Å². The highest BCUT2D eigenvalue weighted by atomic mass is 16.1. The molecule has 0 aromatic heterocycles. The topological polar surface area (TPSA) is 17.1 Å². The summed E-state index contributed by atoms with van der Waals surface area (Å²) >= 11 is 0. The Morgan fingerprint density at radius 2 is 1.91 bits per heavy atom. The SMILES string of the molecule is CC1(C)CC(=O)CC[N+]1(C)C. The summed E-state index contributed by atoms with van der Waals surface area (Å²) in [7, 11) is 4.40. The van der Waals surface area contributed by atoms with E-state index in [1.165, 1.54) is 0 Å². The second kappa shape index (κ2) is 2.31. The number of hydrogen-bond donors (Lipinski definition) is 0. The van der Waals surface area contributed by atoms with E-state index in [4.69, 9.17) is 0 Å². The van der Waals surface area contributed by atoms with Gasteiger partial charge in [0.05, 0.1) is 33.5 Å². The molecule has 1 heterocycles. The van der Waals surface area contributed by atoms with Crippen LogP contribution in [0.5, 0.6) is 0 Å². The van der Waals surface area contributed by atoms with Gasteiger partial charge in [0.25, 0.3) is 0 Å². The minimum absolute atomic E-state index is 0.134. The molecule has 2 nitrogen and oxygen atoms in total. The van der Waals surface area contributed by atoms with Crippen LogP contribution in [0.2, 0.25) is 0 Å². The number of carbonyl (C=O) groups is 1. The third-order valence-electron chi connectivity index (χ3n) is 3.22. The standard InChI is InChI=1S/C9H18NO/c1-9(2)7-8(11)5-6-10(9,3)4/h5-7H2,1-4H3/q+1. The fourth-order valence-electron chi connectivity index (χ4n) is 1.49. The molecule has 11 heavy (non-hydrogen) atoms. The van der Waals surface area contributed by atoms with E-state index in [1.54, 1.807) is 0 Å². The highest BCUT2D eigenvalue weighted by Crippen LogP contribution is 2.29. The second-order valence-electron chi connectivity index (χ2n) is 4.69. The summed E-state index contributed by atoms with van der Waals surface area (Å²) in [6, 6.07) is 0. The van der Waals surface area contributed by atoms with Gasteiger partial charge < -0.3 is 4.48 Å². The maximum Gasteiger partial charge on any atom is 0.144 e. The lowest BCUT2D eigenvalue weighted by atomic mass is 9.88. The van der Waals surface area contributed by atoms with Crippen LogP contribution in [0.25, 0.3) is 0 Å². The Bertz CT molecular complexity index is 182. The summed E-state index contributed by atoms with van der Waals surface area (Å²) in [6.45, 7) is 5.33. The highest BCUT2D eigenvalue weighted by Gasteiger charge is 2.42. The highest BCUT2D eigenvalue weighted by molar-refractivity contribution is 5.80. The third-order valence-corrected chi connectivity index (χ3v) is 3.22. The zero-order chi connectivity index (χ0) is 8.70. The van der Waals surface area contributed by atoms with Gasteiger partial charge in [0.1, 0.15) is 11.3 Å². The van der Waals surface area contributed by atoms with Crippen molar-refractivity contribution < 1.29 is 9.28 Å². The minimum Gasteiger partial charge on any atom is -0.323 e. The Kier molecular flexibility index (Phi) is 1.83. The van der Waals surface area contributed by atoms with Crippen molar-refractivity contribution in [1.29, 1.82) is 0 Å². The summed E-state index contributed by atoms with van der Waals surface area (Å²) in [5, 5.41) is 0. The number of piperidine rings is 1. The number of quaternary nitrogens is 1. The lowest BCUT2D eigenvalue weighted by Gasteiger charge is -2.47. The smallest absolute Gasteiger partial charge is 0.144 e. The van der Waals surface area contributed by atoms with Gasteiger partial charge >= 0.3 is 0 Å². The molecular formula is C9H18NO+. The molecular weight excluding hydrogens is 138 g/mol.